The van der Waals surface area contributed by atoms with Crippen molar-refractivity contribution in [3.8, 4) is 0 Å². The highest BCUT2D eigenvalue weighted by molar-refractivity contribution is 6.31. The maximum atomic E-state index is 12.3. The van der Waals surface area contributed by atoms with Gasteiger partial charge in [-0.2, -0.15) is 0 Å². The second-order valence-corrected chi connectivity index (χ2v) is 5.30. The van der Waals surface area contributed by atoms with Crippen LogP contribution in [0.2, 0.25) is 5.02 Å². The predicted octanol–water partition coefficient (Wildman–Crippen LogP) is 3.02. The standard InChI is InChI=1S/C17H11ClN2O3/c18-12-4-2-5-13(10-12)19-17(23)11-3-1-6-14(9-11)20-15(21)7-8-16(20)22/h1-10H,(H,19,23). The van der Waals surface area contributed by atoms with E-state index in [4.69, 9.17) is 11.6 Å². The summed E-state index contributed by atoms with van der Waals surface area (Å²) in [5, 5.41) is 3.22. The summed E-state index contributed by atoms with van der Waals surface area (Å²) in [6, 6.07) is 13.1. The van der Waals surface area contributed by atoms with Crippen molar-refractivity contribution in [2.45, 2.75) is 0 Å². The van der Waals surface area contributed by atoms with Crippen LogP contribution < -0.4 is 10.2 Å². The number of rotatable bonds is 3. The zero-order valence-electron chi connectivity index (χ0n) is 11.8. The van der Waals surface area contributed by atoms with Crippen LogP contribution in [-0.4, -0.2) is 17.7 Å². The SMILES string of the molecule is O=C(Nc1cccc(Cl)c1)c1cccc(N2C(=O)C=CC2=O)c1. The van der Waals surface area contributed by atoms with Crippen LogP contribution in [0.3, 0.4) is 0 Å². The molecule has 3 rings (SSSR count). The van der Waals surface area contributed by atoms with Crippen LogP contribution in [0.4, 0.5) is 11.4 Å². The number of nitrogens with zero attached hydrogens (tertiary/aromatic N) is 1. The third kappa shape index (κ3) is 3.14. The van der Waals surface area contributed by atoms with Crippen molar-refractivity contribution in [2.24, 2.45) is 0 Å². The van der Waals surface area contributed by atoms with E-state index in [1.54, 1.807) is 42.5 Å². The van der Waals surface area contributed by atoms with Crippen LogP contribution in [0.25, 0.3) is 0 Å². The smallest absolute Gasteiger partial charge is 0.258 e. The van der Waals surface area contributed by atoms with Gasteiger partial charge >= 0.3 is 0 Å². The molecule has 0 saturated carbocycles. The summed E-state index contributed by atoms with van der Waals surface area (Å²) in [5.41, 5.74) is 1.24. The molecule has 2 aromatic rings. The molecule has 114 valence electrons. The fourth-order valence-electron chi connectivity index (χ4n) is 2.21. The van der Waals surface area contributed by atoms with Gasteiger partial charge in [0.05, 0.1) is 5.69 Å². The molecule has 0 radical (unpaired) electrons. The Balaban J connectivity index is 1.83. The lowest BCUT2D eigenvalue weighted by Gasteiger charge is -2.14. The number of halogens is 1. The molecule has 6 heteroatoms. The number of carbonyl (C=O) groups is 3. The molecule has 0 aliphatic carbocycles. The number of hydrogen-bond donors (Lipinski definition) is 1. The summed E-state index contributed by atoms with van der Waals surface area (Å²) in [6.07, 6.45) is 2.39. The minimum Gasteiger partial charge on any atom is -0.322 e. The Morgan fingerprint density at radius 2 is 1.65 bits per heavy atom. The van der Waals surface area contributed by atoms with Gasteiger partial charge in [0, 0.05) is 28.4 Å². The van der Waals surface area contributed by atoms with Crippen LogP contribution in [0.5, 0.6) is 0 Å². The summed E-state index contributed by atoms with van der Waals surface area (Å²) in [7, 11) is 0. The number of nitrogens with one attached hydrogen (secondary N) is 1. The molecule has 0 spiro atoms. The van der Waals surface area contributed by atoms with E-state index in [0.29, 0.717) is 22.0 Å². The zero-order valence-corrected chi connectivity index (χ0v) is 12.6. The Hall–Kier alpha value is -2.92. The number of amides is 3. The van der Waals surface area contributed by atoms with Crippen molar-refractivity contribution in [3.63, 3.8) is 0 Å². The largest absolute Gasteiger partial charge is 0.322 e. The van der Waals surface area contributed by atoms with Crippen LogP contribution >= 0.6 is 11.6 Å². The molecule has 0 fully saturated rings. The Morgan fingerprint density at radius 1 is 0.957 bits per heavy atom. The van der Waals surface area contributed by atoms with Crippen molar-refractivity contribution >= 4 is 40.7 Å². The first-order chi connectivity index (χ1) is 11.0. The van der Waals surface area contributed by atoms with Gasteiger partial charge in [0.1, 0.15) is 0 Å². The molecule has 1 heterocycles. The lowest BCUT2D eigenvalue weighted by atomic mass is 10.1. The first-order valence-electron chi connectivity index (χ1n) is 6.78. The van der Waals surface area contributed by atoms with Crippen LogP contribution in [0.15, 0.2) is 60.7 Å². The van der Waals surface area contributed by atoms with Gasteiger partial charge in [-0.05, 0) is 36.4 Å². The summed E-state index contributed by atoms with van der Waals surface area (Å²) in [5.74, 6) is -1.22. The van der Waals surface area contributed by atoms with Gasteiger partial charge in [0.2, 0.25) is 0 Å². The van der Waals surface area contributed by atoms with Crippen LogP contribution in [0, 0.1) is 0 Å². The molecule has 3 amide bonds. The third-order valence-corrected chi connectivity index (χ3v) is 3.49. The number of benzene rings is 2. The van der Waals surface area contributed by atoms with E-state index in [1.807, 2.05) is 0 Å². The Kier molecular flexibility index (Phi) is 3.95. The molecule has 0 aromatic heterocycles. The van der Waals surface area contributed by atoms with Gasteiger partial charge in [-0.3, -0.25) is 14.4 Å². The van der Waals surface area contributed by atoms with E-state index >= 15 is 0 Å². The summed E-state index contributed by atoms with van der Waals surface area (Å²) < 4.78 is 0. The molecule has 23 heavy (non-hydrogen) atoms. The molecule has 1 N–H and O–H groups in total. The molecular weight excluding hydrogens is 316 g/mol. The molecule has 1 aliphatic rings. The topological polar surface area (TPSA) is 66.5 Å². The zero-order chi connectivity index (χ0) is 16.4. The molecule has 2 aromatic carbocycles. The molecular formula is C17H11ClN2O3. The van der Waals surface area contributed by atoms with E-state index in [9.17, 15) is 14.4 Å². The lowest BCUT2D eigenvalue weighted by Crippen LogP contribution is -2.29. The highest BCUT2D eigenvalue weighted by atomic mass is 35.5. The Labute approximate surface area is 137 Å². The monoisotopic (exact) mass is 326 g/mol. The number of anilines is 2. The van der Waals surface area contributed by atoms with E-state index in [1.165, 1.54) is 18.2 Å². The van der Waals surface area contributed by atoms with E-state index in [-0.39, 0.29) is 5.91 Å². The minimum atomic E-state index is -0.428. The van der Waals surface area contributed by atoms with Gasteiger partial charge < -0.3 is 5.32 Å². The van der Waals surface area contributed by atoms with Crippen molar-refractivity contribution in [2.75, 3.05) is 10.2 Å². The first-order valence-corrected chi connectivity index (χ1v) is 7.15. The van der Waals surface area contributed by atoms with Crippen molar-refractivity contribution in [1.82, 2.24) is 0 Å². The molecule has 5 nitrogen and oxygen atoms in total. The quantitative estimate of drug-likeness (QED) is 0.882. The summed E-state index contributed by atoms with van der Waals surface area (Å²) >= 11 is 5.88. The molecule has 1 aliphatic heterocycles. The average molecular weight is 327 g/mol. The van der Waals surface area contributed by atoms with Crippen molar-refractivity contribution in [3.05, 3.63) is 71.3 Å². The van der Waals surface area contributed by atoms with Gasteiger partial charge in [-0.15, -0.1) is 0 Å². The second-order valence-electron chi connectivity index (χ2n) is 4.86. The Morgan fingerprint density at radius 3 is 2.35 bits per heavy atom. The lowest BCUT2D eigenvalue weighted by molar-refractivity contribution is -0.119. The van der Waals surface area contributed by atoms with Gasteiger partial charge in [-0.1, -0.05) is 23.7 Å². The molecule has 0 atom stereocenters. The van der Waals surface area contributed by atoms with E-state index in [2.05, 4.69) is 5.32 Å². The van der Waals surface area contributed by atoms with Crippen LogP contribution in [-0.2, 0) is 9.59 Å². The number of imide groups is 1. The third-order valence-electron chi connectivity index (χ3n) is 3.26. The maximum Gasteiger partial charge on any atom is 0.258 e. The second kappa shape index (κ2) is 6.06. The fourth-order valence-corrected chi connectivity index (χ4v) is 2.40. The number of carbonyl (C=O) groups excluding carboxylic acids is 3. The van der Waals surface area contributed by atoms with E-state index in [0.717, 1.165) is 4.90 Å². The fraction of sp³-hybridized carbons (Fsp3) is 0. The highest BCUT2D eigenvalue weighted by Gasteiger charge is 2.25. The number of hydrogen-bond acceptors (Lipinski definition) is 3. The highest BCUT2D eigenvalue weighted by Crippen LogP contribution is 2.21. The molecule has 0 bridgehead atoms. The van der Waals surface area contributed by atoms with Gasteiger partial charge in [0.15, 0.2) is 0 Å². The minimum absolute atomic E-state index is 0.329. The normalized spacial score (nSPS) is 13.5. The van der Waals surface area contributed by atoms with E-state index < -0.39 is 11.8 Å². The molecule has 0 unspecified atom stereocenters. The van der Waals surface area contributed by atoms with Crippen molar-refractivity contribution in [1.29, 1.82) is 0 Å². The van der Waals surface area contributed by atoms with Gasteiger partial charge in [0.25, 0.3) is 17.7 Å². The summed E-state index contributed by atoms with van der Waals surface area (Å²) in [4.78, 5) is 36.7. The Bertz CT molecular complexity index is 827. The first kappa shape index (κ1) is 15.0. The molecule has 0 saturated heterocycles. The summed E-state index contributed by atoms with van der Waals surface area (Å²) in [6.45, 7) is 0. The average Bonchev–Trinajstić information content (AvgIpc) is 2.86. The predicted molar refractivity (Wildman–Crippen MR) is 87.5 cm³/mol. The van der Waals surface area contributed by atoms with Crippen LogP contribution in [0.1, 0.15) is 10.4 Å². The van der Waals surface area contributed by atoms with Gasteiger partial charge in [-0.25, -0.2) is 4.90 Å². The maximum absolute atomic E-state index is 12.3. The van der Waals surface area contributed by atoms with Crippen molar-refractivity contribution < 1.29 is 14.4 Å².